The molecular weight excluding hydrogens is 252 g/mol. The maximum absolute atomic E-state index is 12.1. The number of amidine groups is 1. The van der Waals surface area contributed by atoms with Crippen LogP contribution in [0.15, 0.2) is 33.6 Å². The molecule has 0 aromatic heterocycles. The Morgan fingerprint density at radius 2 is 2.06 bits per heavy atom. The Balaban J connectivity index is 2.55. The zero-order valence-electron chi connectivity index (χ0n) is 10.3. The number of benzene rings is 1. The van der Waals surface area contributed by atoms with Crippen molar-refractivity contribution < 1.29 is 13.5 Å². The van der Waals surface area contributed by atoms with Crippen LogP contribution in [0.1, 0.15) is 20.3 Å². The van der Waals surface area contributed by atoms with Crippen molar-refractivity contribution in [3.63, 3.8) is 0 Å². The van der Waals surface area contributed by atoms with E-state index in [4.69, 9.17) is 0 Å². The van der Waals surface area contributed by atoms with Gasteiger partial charge in [0.05, 0.1) is 12.3 Å². The minimum Gasteiger partial charge on any atom is -0.395 e. The highest BCUT2D eigenvalue weighted by Gasteiger charge is 2.34. The smallest absolute Gasteiger partial charge is 0.286 e. The molecule has 1 aromatic rings. The predicted octanol–water partition coefficient (Wildman–Crippen LogP) is 1.61. The second-order valence-corrected chi connectivity index (χ2v) is 6.18. The SMILES string of the molecule is CCC(C)(CO)C1=NS(=O)(=O)c2ccccc2N1. The van der Waals surface area contributed by atoms with E-state index in [1.54, 1.807) is 25.1 Å². The molecule has 0 bridgehead atoms. The Morgan fingerprint density at radius 3 is 2.67 bits per heavy atom. The highest BCUT2D eigenvalue weighted by atomic mass is 32.2. The highest BCUT2D eigenvalue weighted by molar-refractivity contribution is 7.90. The topological polar surface area (TPSA) is 78.8 Å². The van der Waals surface area contributed by atoms with Crippen molar-refractivity contribution in [3.8, 4) is 0 Å². The predicted molar refractivity (Wildman–Crippen MR) is 70.2 cm³/mol. The van der Waals surface area contributed by atoms with Crippen LogP contribution in [0.25, 0.3) is 0 Å². The summed E-state index contributed by atoms with van der Waals surface area (Å²) in [5.41, 5.74) is -0.170. The van der Waals surface area contributed by atoms with E-state index >= 15 is 0 Å². The number of para-hydroxylation sites is 1. The summed E-state index contributed by atoms with van der Waals surface area (Å²) in [6, 6.07) is 6.62. The van der Waals surface area contributed by atoms with Crippen LogP contribution in [-0.4, -0.2) is 26.0 Å². The number of aliphatic hydroxyl groups excluding tert-OH is 1. The van der Waals surface area contributed by atoms with Crippen LogP contribution in [0.3, 0.4) is 0 Å². The lowest BCUT2D eigenvalue weighted by molar-refractivity contribution is 0.195. The van der Waals surface area contributed by atoms with Gasteiger partial charge in [-0.05, 0) is 18.6 Å². The van der Waals surface area contributed by atoms with Crippen LogP contribution in [0.4, 0.5) is 5.69 Å². The second kappa shape index (κ2) is 4.37. The lowest BCUT2D eigenvalue weighted by atomic mass is 9.87. The zero-order valence-corrected chi connectivity index (χ0v) is 11.2. The summed E-state index contributed by atoms with van der Waals surface area (Å²) in [4.78, 5) is 0.171. The summed E-state index contributed by atoms with van der Waals surface area (Å²) in [6.07, 6.45) is 0.590. The van der Waals surface area contributed by atoms with Gasteiger partial charge in [-0.15, -0.1) is 4.40 Å². The summed E-state index contributed by atoms with van der Waals surface area (Å²) in [6.45, 7) is 3.50. The molecule has 18 heavy (non-hydrogen) atoms. The first-order valence-corrected chi connectivity index (χ1v) is 7.19. The lowest BCUT2D eigenvalue weighted by Gasteiger charge is -2.30. The van der Waals surface area contributed by atoms with Crippen LogP contribution in [0.2, 0.25) is 0 Å². The first-order chi connectivity index (χ1) is 8.43. The number of nitrogens with one attached hydrogen (secondary N) is 1. The Bertz CT molecular complexity index is 589. The largest absolute Gasteiger partial charge is 0.395 e. The van der Waals surface area contributed by atoms with Crippen LogP contribution in [0.5, 0.6) is 0 Å². The molecule has 0 radical (unpaired) electrons. The number of aliphatic hydroxyl groups is 1. The molecule has 1 aliphatic rings. The second-order valence-electron chi connectivity index (χ2n) is 4.61. The third-order valence-corrected chi connectivity index (χ3v) is 4.67. The molecule has 0 saturated carbocycles. The number of hydrogen-bond acceptors (Lipinski definition) is 4. The van der Waals surface area contributed by atoms with Crippen molar-refractivity contribution >= 4 is 21.5 Å². The van der Waals surface area contributed by atoms with E-state index in [9.17, 15) is 13.5 Å². The fourth-order valence-electron chi connectivity index (χ4n) is 1.73. The molecule has 6 heteroatoms. The lowest BCUT2D eigenvalue weighted by Crippen LogP contribution is -2.39. The van der Waals surface area contributed by atoms with E-state index in [1.165, 1.54) is 6.07 Å². The van der Waals surface area contributed by atoms with Gasteiger partial charge in [0.2, 0.25) is 0 Å². The van der Waals surface area contributed by atoms with Gasteiger partial charge < -0.3 is 10.4 Å². The third kappa shape index (κ3) is 2.02. The molecule has 0 fully saturated rings. The molecule has 5 nitrogen and oxygen atoms in total. The Kier molecular flexibility index (Phi) is 3.16. The van der Waals surface area contributed by atoms with Crippen LogP contribution < -0.4 is 5.32 Å². The van der Waals surface area contributed by atoms with Gasteiger partial charge in [0.1, 0.15) is 10.7 Å². The number of nitrogens with zero attached hydrogens (tertiary/aromatic N) is 1. The fourth-order valence-corrected chi connectivity index (χ4v) is 2.98. The van der Waals surface area contributed by atoms with Gasteiger partial charge in [-0.25, -0.2) is 0 Å². The number of hydrogen-bond donors (Lipinski definition) is 2. The first-order valence-electron chi connectivity index (χ1n) is 5.75. The third-order valence-electron chi connectivity index (χ3n) is 3.33. The van der Waals surface area contributed by atoms with Gasteiger partial charge >= 0.3 is 0 Å². The van der Waals surface area contributed by atoms with Crippen molar-refractivity contribution in [2.75, 3.05) is 11.9 Å². The summed E-state index contributed by atoms with van der Waals surface area (Å²) in [5, 5.41) is 12.4. The molecule has 2 N–H and O–H groups in total. The number of sulfonamides is 1. The monoisotopic (exact) mass is 268 g/mol. The van der Waals surface area contributed by atoms with Crippen molar-refractivity contribution in [3.05, 3.63) is 24.3 Å². The quantitative estimate of drug-likeness (QED) is 0.873. The number of fused-ring (bicyclic) bond motifs is 1. The molecule has 0 saturated heterocycles. The number of anilines is 1. The van der Waals surface area contributed by atoms with Crippen molar-refractivity contribution in [1.82, 2.24) is 0 Å². The minimum atomic E-state index is -3.68. The van der Waals surface area contributed by atoms with Gasteiger partial charge in [-0.1, -0.05) is 26.0 Å². The molecule has 2 rings (SSSR count). The van der Waals surface area contributed by atoms with Crippen molar-refractivity contribution in [2.45, 2.75) is 25.2 Å². The van der Waals surface area contributed by atoms with E-state index in [2.05, 4.69) is 9.71 Å². The molecule has 98 valence electrons. The van der Waals surface area contributed by atoms with Gasteiger partial charge in [0.15, 0.2) is 0 Å². The van der Waals surface area contributed by atoms with Gasteiger partial charge in [-0.3, -0.25) is 0 Å². The molecule has 0 spiro atoms. The van der Waals surface area contributed by atoms with E-state index in [1.807, 2.05) is 6.92 Å². The average Bonchev–Trinajstić information content (AvgIpc) is 2.37. The number of rotatable bonds is 3. The van der Waals surface area contributed by atoms with E-state index in [0.29, 0.717) is 17.9 Å². The Hall–Kier alpha value is -1.40. The standard InChI is InChI=1S/C12H16N2O3S/c1-3-12(2,8-15)11-13-9-6-4-5-7-10(9)18(16,17)14-11/h4-7,15H,3,8H2,1-2H3,(H,13,14). The van der Waals surface area contributed by atoms with Crippen molar-refractivity contribution in [1.29, 1.82) is 0 Å². The summed E-state index contributed by atoms with van der Waals surface area (Å²) in [7, 11) is -3.68. The summed E-state index contributed by atoms with van der Waals surface area (Å²) < 4.78 is 27.9. The zero-order chi connectivity index (χ0) is 13.4. The normalized spacial score (nSPS) is 20.3. The van der Waals surface area contributed by atoms with E-state index in [-0.39, 0.29) is 11.5 Å². The van der Waals surface area contributed by atoms with E-state index in [0.717, 1.165) is 0 Å². The van der Waals surface area contributed by atoms with E-state index < -0.39 is 15.4 Å². The summed E-state index contributed by atoms with van der Waals surface area (Å²) >= 11 is 0. The molecular formula is C12H16N2O3S. The van der Waals surface area contributed by atoms with Crippen molar-refractivity contribution in [2.24, 2.45) is 9.81 Å². The van der Waals surface area contributed by atoms with Gasteiger partial charge in [0.25, 0.3) is 10.0 Å². The molecule has 0 aliphatic carbocycles. The molecule has 0 amide bonds. The molecule has 1 atom stereocenters. The maximum atomic E-state index is 12.1. The highest BCUT2D eigenvalue weighted by Crippen LogP contribution is 2.32. The maximum Gasteiger partial charge on any atom is 0.286 e. The fraction of sp³-hybridized carbons (Fsp3) is 0.417. The van der Waals surface area contributed by atoms with Crippen LogP contribution >= 0.6 is 0 Å². The molecule has 1 heterocycles. The minimum absolute atomic E-state index is 0.160. The Labute approximate surface area is 107 Å². The van der Waals surface area contributed by atoms with Gasteiger partial charge in [0, 0.05) is 5.41 Å². The van der Waals surface area contributed by atoms with Gasteiger partial charge in [-0.2, -0.15) is 8.42 Å². The molecule has 1 aromatic carbocycles. The molecule has 1 aliphatic heterocycles. The Morgan fingerprint density at radius 1 is 1.39 bits per heavy atom. The first kappa shape index (κ1) is 13.0. The van der Waals surface area contributed by atoms with Crippen LogP contribution in [-0.2, 0) is 10.0 Å². The summed E-state index contributed by atoms with van der Waals surface area (Å²) in [5.74, 6) is 0.297. The molecule has 1 unspecified atom stereocenters. The van der Waals surface area contributed by atoms with Crippen LogP contribution in [0, 0.1) is 5.41 Å². The average molecular weight is 268 g/mol.